The number of carbonyl (C=O) groups is 1. The number of nitrogens with zero attached hydrogens (tertiary/aromatic N) is 1. The van der Waals surface area contributed by atoms with Gasteiger partial charge in [0.05, 0.1) is 11.8 Å². The zero-order valence-electron chi connectivity index (χ0n) is 21.7. The number of aliphatic hydroxyl groups excluding tert-OH is 1. The van der Waals surface area contributed by atoms with Gasteiger partial charge in [0.25, 0.3) is 0 Å². The summed E-state index contributed by atoms with van der Waals surface area (Å²) in [6, 6.07) is 0.348. The molecule has 1 heterocycles. The van der Waals surface area contributed by atoms with Gasteiger partial charge in [0.15, 0.2) is 0 Å². The van der Waals surface area contributed by atoms with Crippen molar-refractivity contribution < 1.29 is 14.7 Å². The van der Waals surface area contributed by atoms with Gasteiger partial charge in [0, 0.05) is 18.5 Å². The Hall–Kier alpha value is -1.14. The van der Waals surface area contributed by atoms with Gasteiger partial charge in [0.1, 0.15) is 0 Å². The monoisotopic (exact) mass is 473 g/mol. The molecule has 6 nitrogen and oxygen atoms in total. The molecule has 5 aliphatic rings. The number of nitrogens with one attached hydrogen (secondary N) is 2. The number of hydrogen-bond donors (Lipinski definition) is 3. The molecule has 3 N–H and O–H groups in total. The molecule has 5 rings (SSSR count). The summed E-state index contributed by atoms with van der Waals surface area (Å²) in [7, 11) is 0. The van der Waals surface area contributed by atoms with Crippen LogP contribution in [0.3, 0.4) is 0 Å². The van der Waals surface area contributed by atoms with Crippen molar-refractivity contribution in [3.63, 3.8) is 0 Å². The predicted molar refractivity (Wildman–Crippen MR) is 134 cm³/mol. The van der Waals surface area contributed by atoms with Crippen LogP contribution in [0.5, 0.6) is 0 Å². The topological polar surface area (TPSA) is 83.0 Å². The van der Waals surface area contributed by atoms with Crippen molar-refractivity contribution in [1.82, 2.24) is 10.6 Å². The summed E-state index contributed by atoms with van der Waals surface area (Å²) < 4.78 is 0. The smallest absolute Gasteiger partial charge is 0.393 e. The number of carbonyl (C=O) groups excluding carboxylic acids is 1. The second kappa shape index (κ2) is 9.72. The molecule has 0 aromatic carbocycles. The standard InChI is InChI=1S/C28H47N3O3/c1-18(31-34-26(33)30-17-20-6-4-5-15-29-20)23-9-10-24-22-8-7-19-16-21(32)11-13-27(19,2)25(22)12-14-28(23,24)3/h19-25,29,32H,4-17H2,1-3H3,(H,30,33)/b31-18+/t19-,20?,21+,22+,23-,24+,25+,27+,28-/m1/s1. The average molecular weight is 474 g/mol. The summed E-state index contributed by atoms with van der Waals surface area (Å²) in [5.74, 6) is 3.48. The third-order valence-electron chi connectivity index (χ3n) is 11.3. The lowest BCUT2D eigenvalue weighted by molar-refractivity contribution is -0.123. The molecule has 1 unspecified atom stereocenters. The summed E-state index contributed by atoms with van der Waals surface area (Å²) in [5, 5.41) is 21.0. The lowest BCUT2D eigenvalue weighted by atomic mass is 9.44. The molecule has 0 radical (unpaired) electrons. The van der Waals surface area contributed by atoms with Gasteiger partial charge in [-0.2, -0.15) is 0 Å². The maximum Gasteiger partial charge on any atom is 0.433 e. The largest absolute Gasteiger partial charge is 0.433 e. The van der Waals surface area contributed by atoms with E-state index in [0.29, 0.717) is 29.8 Å². The summed E-state index contributed by atoms with van der Waals surface area (Å²) in [6.45, 7) is 8.76. The minimum Gasteiger partial charge on any atom is -0.393 e. The molecule has 0 aromatic heterocycles. The molecule has 4 aliphatic carbocycles. The van der Waals surface area contributed by atoms with Gasteiger partial charge in [-0.05, 0) is 119 Å². The molecule has 1 aliphatic heterocycles. The molecular formula is C28H47N3O3. The molecule has 1 amide bonds. The van der Waals surface area contributed by atoms with Crippen LogP contribution in [-0.2, 0) is 4.84 Å². The highest BCUT2D eigenvalue weighted by atomic mass is 16.7. The first-order chi connectivity index (χ1) is 16.3. The van der Waals surface area contributed by atoms with E-state index >= 15 is 0 Å². The van der Waals surface area contributed by atoms with Crippen molar-refractivity contribution in [3.05, 3.63) is 0 Å². The van der Waals surface area contributed by atoms with Crippen LogP contribution in [0.2, 0.25) is 0 Å². The van der Waals surface area contributed by atoms with Gasteiger partial charge in [-0.1, -0.05) is 25.4 Å². The SMILES string of the molecule is C/C(=N\OC(=O)NCC1CCCCN1)[C@H]1CC[C@H]2[C@@H]3CC[C@@H]4C[C@@H](O)CC[C@]4(C)[C@H]3CC[C@]12C. The minimum atomic E-state index is -0.430. The highest BCUT2D eigenvalue weighted by molar-refractivity contribution is 5.85. The first-order valence-corrected chi connectivity index (χ1v) is 14.2. The zero-order chi connectivity index (χ0) is 23.9. The van der Waals surface area contributed by atoms with Crippen LogP contribution in [0.15, 0.2) is 5.16 Å². The normalized spacial score (nSPS) is 46.7. The Morgan fingerprint density at radius 3 is 2.62 bits per heavy atom. The van der Waals surface area contributed by atoms with Crippen LogP contribution in [0.1, 0.15) is 97.8 Å². The van der Waals surface area contributed by atoms with Crippen molar-refractivity contribution in [2.24, 2.45) is 45.6 Å². The third kappa shape index (κ3) is 4.42. The van der Waals surface area contributed by atoms with E-state index in [-0.39, 0.29) is 11.5 Å². The van der Waals surface area contributed by atoms with Crippen molar-refractivity contribution in [2.75, 3.05) is 13.1 Å². The third-order valence-corrected chi connectivity index (χ3v) is 11.3. The van der Waals surface area contributed by atoms with E-state index < -0.39 is 6.09 Å². The van der Waals surface area contributed by atoms with Crippen molar-refractivity contribution in [1.29, 1.82) is 0 Å². The van der Waals surface area contributed by atoms with Crippen molar-refractivity contribution >= 4 is 11.8 Å². The highest BCUT2D eigenvalue weighted by Gasteiger charge is 2.60. The van der Waals surface area contributed by atoms with E-state index in [9.17, 15) is 9.90 Å². The fourth-order valence-corrected chi connectivity index (χ4v) is 9.44. The summed E-state index contributed by atoms with van der Waals surface area (Å²) >= 11 is 0. The lowest BCUT2D eigenvalue weighted by Gasteiger charge is -2.61. The number of aliphatic hydroxyl groups is 1. The first-order valence-electron chi connectivity index (χ1n) is 14.2. The molecule has 1 saturated heterocycles. The molecule has 0 spiro atoms. The quantitative estimate of drug-likeness (QED) is 0.296. The molecule has 34 heavy (non-hydrogen) atoms. The van der Waals surface area contributed by atoms with Crippen molar-refractivity contribution in [2.45, 2.75) is 110 Å². The van der Waals surface area contributed by atoms with E-state index in [1.807, 2.05) is 0 Å². The lowest BCUT2D eigenvalue weighted by Crippen LogP contribution is -2.54. The maximum absolute atomic E-state index is 12.3. The zero-order valence-corrected chi connectivity index (χ0v) is 21.7. The molecule has 4 saturated carbocycles. The van der Waals surface area contributed by atoms with Crippen LogP contribution < -0.4 is 10.6 Å². The Kier molecular flexibility index (Phi) is 7.02. The van der Waals surface area contributed by atoms with E-state index in [4.69, 9.17) is 4.84 Å². The van der Waals surface area contributed by atoms with Crippen LogP contribution in [-0.4, -0.2) is 42.1 Å². The molecule has 192 valence electrons. The molecular weight excluding hydrogens is 426 g/mol. The van der Waals surface area contributed by atoms with Crippen LogP contribution in [0.4, 0.5) is 4.79 Å². The Labute approximate surface area is 206 Å². The second-order valence-corrected chi connectivity index (χ2v) is 12.9. The average Bonchev–Trinajstić information content (AvgIpc) is 3.19. The Bertz CT molecular complexity index is 781. The van der Waals surface area contributed by atoms with Gasteiger partial charge >= 0.3 is 6.09 Å². The number of hydrogen-bond acceptors (Lipinski definition) is 5. The number of fused-ring (bicyclic) bond motifs is 5. The molecule has 9 atom stereocenters. The van der Waals surface area contributed by atoms with E-state index in [1.54, 1.807) is 0 Å². The molecule has 5 fully saturated rings. The summed E-state index contributed by atoms with van der Waals surface area (Å²) in [4.78, 5) is 17.6. The Morgan fingerprint density at radius 1 is 1.03 bits per heavy atom. The Morgan fingerprint density at radius 2 is 1.82 bits per heavy atom. The summed E-state index contributed by atoms with van der Waals surface area (Å²) in [6.07, 6.45) is 13.9. The van der Waals surface area contributed by atoms with Crippen LogP contribution >= 0.6 is 0 Å². The fraction of sp³-hybridized carbons (Fsp3) is 0.929. The van der Waals surface area contributed by atoms with E-state index in [1.165, 1.54) is 51.4 Å². The molecule has 6 heteroatoms. The van der Waals surface area contributed by atoms with Crippen molar-refractivity contribution in [3.8, 4) is 0 Å². The number of oxime groups is 1. The fourth-order valence-electron chi connectivity index (χ4n) is 9.44. The van der Waals surface area contributed by atoms with Gasteiger partial charge < -0.3 is 15.7 Å². The number of amides is 1. The molecule has 0 bridgehead atoms. The second-order valence-electron chi connectivity index (χ2n) is 12.9. The van der Waals surface area contributed by atoms with E-state index in [0.717, 1.165) is 55.7 Å². The van der Waals surface area contributed by atoms with Crippen LogP contribution in [0, 0.1) is 40.4 Å². The van der Waals surface area contributed by atoms with Gasteiger partial charge in [-0.15, -0.1) is 0 Å². The predicted octanol–water partition coefficient (Wildman–Crippen LogP) is 5.25. The maximum atomic E-state index is 12.3. The van der Waals surface area contributed by atoms with E-state index in [2.05, 4.69) is 36.6 Å². The first kappa shape index (κ1) is 24.5. The van der Waals surface area contributed by atoms with Gasteiger partial charge in [-0.3, -0.25) is 4.84 Å². The Balaban J connectivity index is 1.20. The van der Waals surface area contributed by atoms with Gasteiger partial charge in [0.2, 0.25) is 0 Å². The summed E-state index contributed by atoms with van der Waals surface area (Å²) in [5.41, 5.74) is 1.67. The highest BCUT2D eigenvalue weighted by Crippen LogP contribution is 2.67. The molecule has 0 aromatic rings. The number of piperidine rings is 1. The van der Waals surface area contributed by atoms with Crippen LogP contribution in [0.25, 0.3) is 0 Å². The minimum absolute atomic E-state index is 0.0747. The number of rotatable bonds is 4. The van der Waals surface area contributed by atoms with Gasteiger partial charge in [-0.25, -0.2) is 4.79 Å².